The summed E-state index contributed by atoms with van der Waals surface area (Å²) in [5.74, 6) is 1.15. The summed E-state index contributed by atoms with van der Waals surface area (Å²) in [5, 5.41) is 6.57. The summed E-state index contributed by atoms with van der Waals surface area (Å²) >= 11 is 0. The third-order valence-corrected chi connectivity index (χ3v) is 6.48. The van der Waals surface area contributed by atoms with Gasteiger partial charge >= 0.3 is 5.97 Å². The Hall–Kier alpha value is -1.10. The summed E-state index contributed by atoms with van der Waals surface area (Å²) in [4.78, 5) is 25.0. The maximum absolute atomic E-state index is 12.8. The smallest absolute Gasteiger partial charge is 0.328 e. The van der Waals surface area contributed by atoms with E-state index in [1.807, 2.05) is 0 Å². The molecule has 3 rings (SSSR count). The second-order valence-electron chi connectivity index (χ2n) is 8.06. The maximum atomic E-state index is 12.8. The van der Waals surface area contributed by atoms with E-state index in [1.54, 1.807) is 0 Å². The zero-order valence-corrected chi connectivity index (χ0v) is 15.1. The van der Waals surface area contributed by atoms with Crippen molar-refractivity contribution in [3.05, 3.63) is 0 Å². The maximum Gasteiger partial charge on any atom is 0.328 e. The van der Waals surface area contributed by atoms with Crippen LogP contribution in [-0.2, 0) is 14.3 Å². The molecule has 2 saturated carbocycles. The lowest BCUT2D eigenvalue weighted by atomic mass is 9.78. The van der Waals surface area contributed by atoms with Crippen LogP contribution in [0.2, 0.25) is 0 Å². The van der Waals surface area contributed by atoms with Crippen LogP contribution in [0.15, 0.2) is 0 Å². The van der Waals surface area contributed by atoms with Gasteiger partial charge in [-0.25, -0.2) is 4.79 Å². The molecule has 5 atom stereocenters. The van der Waals surface area contributed by atoms with Gasteiger partial charge in [0.25, 0.3) is 0 Å². The molecule has 5 unspecified atom stereocenters. The molecular weight excluding hydrogens is 304 g/mol. The van der Waals surface area contributed by atoms with Crippen LogP contribution >= 0.6 is 0 Å². The van der Waals surface area contributed by atoms with Crippen molar-refractivity contribution in [2.75, 3.05) is 7.11 Å². The van der Waals surface area contributed by atoms with Gasteiger partial charge in [0.15, 0.2) is 0 Å². The van der Waals surface area contributed by atoms with Crippen molar-refractivity contribution >= 4 is 11.9 Å². The van der Waals surface area contributed by atoms with Crippen LogP contribution in [0.25, 0.3) is 0 Å². The summed E-state index contributed by atoms with van der Waals surface area (Å²) in [7, 11) is 1.41. The molecule has 0 spiro atoms. The minimum atomic E-state index is -0.482. The number of hydrogen-bond donors (Lipinski definition) is 2. The number of carbonyl (C=O) groups is 2. The first-order chi connectivity index (χ1) is 11.6. The van der Waals surface area contributed by atoms with E-state index in [4.69, 9.17) is 4.74 Å². The average molecular weight is 336 g/mol. The van der Waals surface area contributed by atoms with E-state index in [0.29, 0.717) is 17.9 Å². The van der Waals surface area contributed by atoms with E-state index in [1.165, 1.54) is 32.8 Å². The molecule has 1 aliphatic heterocycles. The zero-order chi connectivity index (χ0) is 17.1. The Morgan fingerprint density at radius 1 is 1.08 bits per heavy atom. The van der Waals surface area contributed by atoms with Gasteiger partial charge in [-0.15, -0.1) is 0 Å². The molecule has 136 valence electrons. The number of hydrogen-bond acceptors (Lipinski definition) is 4. The predicted octanol–water partition coefficient (Wildman–Crippen LogP) is 2.39. The number of rotatable bonds is 4. The molecule has 5 nitrogen and oxygen atoms in total. The topological polar surface area (TPSA) is 67.4 Å². The third kappa shape index (κ3) is 3.76. The lowest BCUT2D eigenvalue weighted by Crippen LogP contribution is -2.53. The molecule has 0 bridgehead atoms. The number of esters is 1. The SMILES string of the molecule is COC(=O)C(NC(=O)C1CC2CCCC(C)C2N1)C1CCCCC1. The summed E-state index contributed by atoms with van der Waals surface area (Å²) in [6, 6.07) is -0.179. The van der Waals surface area contributed by atoms with Crippen molar-refractivity contribution < 1.29 is 14.3 Å². The van der Waals surface area contributed by atoms with Gasteiger partial charge in [-0.1, -0.05) is 32.6 Å². The van der Waals surface area contributed by atoms with Gasteiger partial charge in [0.1, 0.15) is 6.04 Å². The molecule has 0 aromatic rings. The largest absolute Gasteiger partial charge is 0.467 e. The summed E-state index contributed by atoms with van der Waals surface area (Å²) < 4.78 is 4.97. The number of fused-ring (bicyclic) bond motifs is 1. The Bertz CT molecular complexity index is 462. The Kier molecular flexibility index (Phi) is 5.80. The Balaban J connectivity index is 1.62. The van der Waals surface area contributed by atoms with Crippen molar-refractivity contribution in [2.24, 2.45) is 17.8 Å². The minimum Gasteiger partial charge on any atom is -0.467 e. The van der Waals surface area contributed by atoms with E-state index in [9.17, 15) is 9.59 Å². The van der Waals surface area contributed by atoms with E-state index in [2.05, 4.69) is 17.6 Å². The number of carbonyl (C=O) groups excluding carboxylic acids is 2. The van der Waals surface area contributed by atoms with E-state index in [0.717, 1.165) is 32.1 Å². The standard InChI is InChI=1S/C19H32N2O3/c1-12-7-6-10-14-11-15(20-16(12)14)18(22)21-17(19(23)24-2)13-8-4-3-5-9-13/h12-17,20H,3-11H2,1-2H3,(H,21,22). The van der Waals surface area contributed by atoms with Crippen LogP contribution in [0.3, 0.4) is 0 Å². The summed E-state index contributed by atoms with van der Waals surface area (Å²) in [6.07, 6.45) is 10.1. The van der Waals surface area contributed by atoms with Gasteiger partial charge in [-0.05, 0) is 49.9 Å². The fourth-order valence-corrected chi connectivity index (χ4v) is 5.09. The van der Waals surface area contributed by atoms with Crippen molar-refractivity contribution in [3.8, 4) is 0 Å². The molecule has 5 heteroatoms. The number of methoxy groups -OCH3 is 1. The van der Waals surface area contributed by atoms with Crippen LogP contribution in [0.5, 0.6) is 0 Å². The Morgan fingerprint density at radius 3 is 2.50 bits per heavy atom. The van der Waals surface area contributed by atoms with Crippen molar-refractivity contribution in [1.29, 1.82) is 0 Å². The lowest BCUT2D eigenvalue weighted by molar-refractivity contribution is -0.147. The van der Waals surface area contributed by atoms with Gasteiger partial charge in [0.05, 0.1) is 13.2 Å². The number of amides is 1. The predicted molar refractivity (Wildman–Crippen MR) is 92.4 cm³/mol. The van der Waals surface area contributed by atoms with Crippen LogP contribution < -0.4 is 10.6 Å². The first kappa shape index (κ1) is 17.7. The van der Waals surface area contributed by atoms with Gasteiger partial charge in [0, 0.05) is 6.04 Å². The van der Waals surface area contributed by atoms with E-state index < -0.39 is 6.04 Å². The molecule has 1 heterocycles. The fraction of sp³-hybridized carbons (Fsp3) is 0.895. The molecule has 24 heavy (non-hydrogen) atoms. The normalized spacial score (nSPS) is 35.1. The second kappa shape index (κ2) is 7.85. The van der Waals surface area contributed by atoms with Gasteiger partial charge in [-0.3, -0.25) is 4.79 Å². The highest BCUT2D eigenvalue weighted by Crippen LogP contribution is 2.37. The molecule has 2 aliphatic carbocycles. The van der Waals surface area contributed by atoms with Gasteiger partial charge < -0.3 is 15.4 Å². The lowest BCUT2D eigenvalue weighted by Gasteiger charge is -2.31. The highest BCUT2D eigenvalue weighted by molar-refractivity contribution is 5.88. The quantitative estimate of drug-likeness (QED) is 0.774. The number of nitrogens with one attached hydrogen (secondary N) is 2. The van der Waals surface area contributed by atoms with Gasteiger partial charge in [0.2, 0.25) is 5.91 Å². The van der Waals surface area contributed by atoms with Gasteiger partial charge in [-0.2, -0.15) is 0 Å². The van der Waals surface area contributed by atoms with Crippen molar-refractivity contribution in [2.45, 2.75) is 82.8 Å². The Morgan fingerprint density at radius 2 is 1.83 bits per heavy atom. The monoisotopic (exact) mass is 336 g/mol. The molecule has 1 amide bonds. The molecule has 2 N–H and O–H groups in total. The van der Waals surface area contributed by atoms with Crippen molar-refractivity contribution in [1.82, 2.24) is 10.6 Å². The fourth-order valence-electron chi connectivity index (χ4n) is 5.09. The molecule has 0 aromatic carbocycles. The average Bonchev–Trinajstić information content (AvgIpc) is 3.05. The molecule has 0 radical (unpaired) electrons. The Labute approximate surface area is 145 Å². The summed E-state index contributed by atoms with van der Waals surface area (Å²) in [6.45, 7) is 2.28. The van der Waals surface area contributed by atoms with Crippen LogP contribution in [0.1, 0.15) is 64.7 Å². The highest BCUT2D eigenvalue weighted by Gasteiger charge is 2.42. The zero-order valence-electron chi connectivity index (χ0n) is 15.1. The molecule has 1 saturated heterocycles. The van der Waals surface area contributed by atoms with E-state index in [-0.39, 0.29) is 23.8 Å². The number of ether oxygens (including phenoxy) is 1. The minimum absolute atomic E-state index is 0.0161. The van der Waals surface area contributed by atoms with Crippen molar-refractivity contribution in [3.63, 3.8) is 0 Å². The van der Waals surface area contributed by atoms with Crippen LogP contribution in [0, 0.1) is 17.8 Å². The van der Waals surface area contributed by atoms with Crippen LogP contribution in [0.4, 0.5) is 0 Å². The third-order valence-electron chi connectivity index (χ3n) is 6.48. The first-order valence-electron chi connectivity index (χ1n) is 9.74. The highest BCUT2D eigenvalue weighted by atomic mass is 16.5. The first-order valence-corrected chi connectivity index (χ1v) is 9.74. The molecular formula is C19H32N2O3. The molecule has 3 aliphatic rings. The van der Waals surface area contributed by atoms with E-state index >= 15 is 0 Å². The molecule has 3 fully saturated rings. The second-order valence-corrected chi connectivity index (χ2v) is 8.06. The van der Waals surface area contributed by atoms with Crippen LogP contribution in [-0.4, -0.2) is 37.1 Å². The summed E-state index contributed by atoms with van der Waals surface area (Å²) in [5.41, 5.74) is 0. The molecule has 0 aromatic heterocycles.